The van der Waals surface area contributed by atoms with Crippen molar-refractivity contribution in [2.75, 3.05) is 4.90 Å². The summed E-state index contributed by atoms with van der Waals surface area (Å²) in [6.45, 7) is 0. The van der Waals surface area contributed by atoms with Gasteiger partial charge in [0.15, 0.2) is 0 Å². The molecule has 0 aliphatic heterocycles. The van der Waals surface area contributed by atoms with Crippen molar-refractivity contribution in [1.29, 1.82) is 0 Å². The molecule has 0 fully saturated rings. The zero-order valence-corrected chi connectivity index (χ0v) is 26.3. The van der Waals surface area contributed by atoms with Gasteiger partial charge in [-0.3, -0.25) is 0 Å². The highest BCUT2D eigenvalue weighted by molar-refractivity contribution is 6.19. The predicted molar refractivity (Wildman–Crippen MR) is 202 cm³/mol. The molecule has 0 bridgehead atoms. The molecular formula is C46H31NO. The molecular weight excluding hydrogens is 583 g/mol. The van der Waals surface area contributed by atoms with Crippen molar-refractivity contribution in [3.05, 3.63) is 188 Å². The lowest BCUT2D eigenvalue weighted by atomic mass is 9.91. The molecule has 2 heteroatoms. The van der Waals surface area contributed by atoms with Crippen LogP contribution in [0.3, 0.4) is 0 Å². The molecule has 0 aliphatic rings. The molecule has 0 atom stereocenters. The number of rotatable bonds is 6. The Kier molecular flexibility index (Phi) is 6.84. The van der Waals surface area contributed by atoms with Gasteiger partial charge in [-0.05, 0) is 81.1 Å². The summed E-state index contributed by atoms with van der Waals surface area (Å²) < 4.78 is 6.52. The van der Waals surface area contributed by atoms with Crippen molar-refractivity contribution in [2.45, 2.75) is 0 Å². The summed E-state index contributed by atoms with van der Waals surface area (Å²) >= 11 is 0. The van der Waals surface area contributed by atoms with E-state index in [-0.39, 0.29) is 0 Å². The van der Waals surface area contributed by atoms with Crippen LogP contribution in [-0.4, -0.2) is 0 Å². The van der Waals surface area contributed by atoms with Gasteiger partial charge in [0.2, 0.25) is 0 Å². The maximum atomic E-state index is 6.52. The Bertz CT molecular complexity index is 2530. The summed E-state index contributed by atoms with van der Waals surface area (Å²) in [5.74, 6) is 0. The van der Waals surface area contributed by atoms with Crippen LogP contribution in [0, 0.1) is 0 Å². The van der Waals surface area contributed by atoms with Gasteiger partial charge in [0.1, 0.15) is 11.2 Å². The first-order valence-corrected chi connectivity index (χ1v) is 16.4. The van der Waals surface area contributed by atoms with E-state index in [9.17, 15) is 0 Å². The molecule has 9 rings (SSSR count). The topological polar surface area (TPSA) is 16.4 Å². The van der Waals surface area contributed by atoms with Gasteiger partial charge in [0, 0.05) is 22.3 Å². The van der Waals surface area contributed by atoms with E-state index >= 15 is 0 Å². The minimum Gasteiger partial charge on any atom is -0.456 e. The quantitative estimate of drug-likeness (QED) is 0.185. The highest BCUT2D eigenvalue weighted by Gasteiger charge is 2.24. The van der Waals surface area contributed by atoms with Crippen LogP contribution in [0.4, 0.5) is 17.1 Å². The van der Waals surface area contributed by atoms with E-state index in [2.05, 4.69) is 187 Å². The lowest BCUT2D eigenvalue weighted by Crippen LogP contribution is -2.11. The Balaban J connectivity index is 1.35. The van der Waals surface area contributed by atoms with Crippen molar-refractivity contribution >= 4 is 49.8 Å². The predicted octanol–water partition coefficient (Wildman–Crippen LogP) is 13.2. The first-order chi connectivity index (χ1) is 23.8. The molecule has 0 radical (unpaired) electrons. The lowest BCUT2D eigenvalue weighted by molar-refractivity contribution is 0.669. The molecule has 0 aliphatic carbocycles. The number of para-hydroxylation sites is 2. The van der Waals surface area contributed by atoms with Gasteiger partial charge in [0.25, 0.3) is 0 Å². The molecule has 0 spiro atoms. The van der Waals surface area contributed by atoms with Crippen molar-refractivity contribution < 1.29 is 4.42 Å². The summed E-state index contributed by atoms with van der Waals surface area (Å²) in [4.78, 5) is 2.40. The van der Waals surface area contributed by atoms with E-state index < -0.39 is 0 Å². The van der Waals surface area contributed by atoms with Gasteiger partial charge < -0.3 is 9.32 Å². The fraction of sp³-hybridized carbons (Fsp3) is 0. The number of hydrogen-bond donors (Lipinski definition) is 0. The molecule has 0 saturated carbocycles. The molecule has 0 saturated heterocycles. The third kappa shape index (κ3) is 4.74. The van der Waals surface area contributed by atoms with Crippen LogP contribution in [0.1, 0.15) is 0 Å². The van der Waals surface area contributed by atoms with Crippen LogP contribution < -0.4 is 4.90 Å². The number of hydrogen-bond acceptors (Lipinski definition) is 2. The average Bonchev–Trinajstić information content (AvgIpc) is 3.55. The summed E-state index contributed by atoms with van der Waals surface area (Å²) in [5.41, 5.74) is 12.1. The molecule has 0 amide bonds. The molecule has 1 aromatic heterocycles. The first-order valence-electron chi connectivity index (χ1n) is 16.4. The van der Waals surface area contributed by atoms with Gasteiger partial charge in [-0.1, -0.05) is 146 Å². The van der Waals surface area contributed by atoms with Crippen LogP contribution in [0.25, 0.3) is 66.1 Å². The van der Waals surface area contributed by atoms with E-state index in [4.69, 9.17) is 4.42 Å². The third-order valence-corrected chi connectivity index (χ3v) is 9.28. The monoisotopic (exact) mass is 613 g/mol. The Hall–Kier alpha value is -6.38. The largest absolute Gasteiger partial charge is 0.456 e. The highest BCUT2D eigenvalue weighted by atomic mass is 16.3. The van der Waals surface area contributed by atoms with E-state index in [1.165, 1.54) is 38.6 Å². The van der Waals surface area contributed by atoms with Crippen molar-refractivity contribution in [1.82, 2.24) is 0 Å². The maximum absolute atomic E-state index is 6.52. The molecule has 8 aromatic carbocycles. The third-order valence-electron chi connectivity index (χ3n) is 9.28. The van der Waals surface area contributed by atoms with Crippen LogP contribution in [0.2, 0.25) is 0 Å². The van der Waals surface area contributed by atoms with Gasteiger partial charge >= 0.3 is 0 Å². The molecule has 226 valence electrons. The Morgan fingerprint density at radius 1 is 0.312 bits per heavy atom. The number of benzene rings is 8. The second-order valence-corrected chi connectivity index (χ2v) is 12.1. The fourth-order valence-corrected chi connectivity index (χ4v) is 7.08. The van der Waals surface area contributed by atoms with E-state index in [0.717, 1.165) is 44.6 Å². The highest BCUT2D eigenvalue weighted by Crippen LogP contribution is 2.49. The Morgan fingerprint density at radius 2 is 0.854 bits per heavy atom. The van der Waals surface area contributed by atoms with Crippen molar-refractivity contribution in [3.8, 4) is 33.4 Å². The van der Waals surface area contributed by atoms with E-state index in [1.807, 2.05) is 6.07 Å². The lowest BCUT2D eigenvalue weighted by Gasteiger charge is -2.29. The second kappa shape index (κ2) is 11.8. The van der Waals surface area contributed by atoms with Gasteiger partial charge in [-0.25, -0.2) is 0 Å². The van der Waals surface area contributed by atoms with Crippen LogP contribution in [-0.2, 0) is 0 Å². The number of anilines is 3. The standard InChI is InChI=1S/C46H31NO/c1-4-14-32(15-5-1)33-26-28-36(29-27-33)47(35-18-8-3-9-19-35)46-41(30-31-44-45(46)42-20-10-11-25-43(42)48-44)40-24-13-22-38-37(21-12-23-39(38)40)34-16-6-2-7-17-34/h1-31H. The minimum atomic E-state index is 0.863. The van der Waals surface area contributed by atoms with Crippen molar-refractivity contribution in [2.24, 2.45) is 0 Å². The van der Waals surface area contributed by atoms with Crippen LogP contribution in [0.5, 0.6) is 0 Å². The molecule has 9 aromatic rings. The van der Waals surface area contributed by atoms with Gasteiger partial charge in [-0.15, -0.1) is 0 Å². The molecule has 0 unspecified atom stereocenters. The zero-order valence-electron chi connectivity index (χ0n) is 26.3. The van der Waals surface area contributed by atoms with E-state index in [0.29, 0.717) is 0 Å². The SMILES string of the molecule is c1ccc(-c2ccc(N(c3ccccc3)c3c(-c4cccc5c(-c6ccccc6)cccc45)ccc4oc5ccccc5c34)cc2)cc1. The first kappa shape index (κ1) is 27.9. The van der Waals surface area contributed by atoms with Gasteiger partial charge in [-0.2, -0.15) is 0 Å². The molecule has 1 heterocycles. The number of furan rings is 1. The zero-order chi connectivity index (χ0) is 31.9. The maximum Gasteiger partial charge on any atom is 0.137 e. The Morgan fingerprint density at radius 3 is 1.58 bits per heavy atom. The van der Waals surface area contributed by atoms with Crippen LogP contribution >= 0.6 is 0 Å². The van der Waals surface area contributed by atoms with Crippen LogP contribution in [0.15, 0.2) is 192 Å². The Labute approximate surface area is 279 Å². The number of nitrogens with zero attached hydrogens (tertiary/aromatic N) is 1. The molecule has 48 heavy (non-hydrogen) atoms. The van der Waals surface area contributed by atoms with E-state index in [1.54, 1.807) is 0 Å². The summed E-state index contributed by atoms with van der Waals surface area (Å²) in [6, 6.07) is 66.8. The average molecular weight is 614 g/mol. The summed E-state index contributed by atoms with van der Waals surface area (Å²) in [7, 11) is 0. The van der Waals surface area contributed by atoms with Crippen molar-refractivity contribution in [3.63, 3.8) is 0 Å². The molecule has 0 N–H and O–H groups in total. The minimum absolute atomic E-state index is 0.863. The fourth-order valence-electron chi connectivity index (χ4n) is 7.08. The summed E-state index contributed by atoms with van der Waals surface area (Å²) in [6.07, 6.45) is 0. The smallest absolute Gasteiger partial charge is 0.137 e. The van der Waals surface area contributed by atoms with Gasteiger partial charge in [0.05, 0.1) is 11.1 Å². The normalized spacial score (nSPS) is 11.3. The number of fused-ring (bicyclic) bond motifs is 4. The summed E-state index contributed by atoms with van der Waals surface area (Å²) in [5, 5.41) is 4.62. The molecule has 2 nitrogen and oxygen atoms in total. The second-order valence-electron chi connectivity index (χ2n) is 12.1.